The van der Waals surface area contributed by atoms with Crippen molar-refractivity contribution in [2.45, 2.75) is 68.3 Å². The molecule has 0 radical (unpaired) electrons. The van der Waals surface area contributed by atoms with Crippen molar-refractivity contribution in [3.63, 3.8) is 0 Å². The molecule has 2 saturated heterocycles. The number of benzene rings is 2. The Balaban J connectivity index is 1.48. The predicted molar refractivity (Wildman–Crippen MR) is 139 cm³/mol. The lowest BCUT2D eigenvalue weighted by Gasteiger charge is -2.45. The number of aromatic hydroxyl groups is 3. The summed E-state index contributed by atoms with van der Waals surface area (Å²) in [5, 5.41) is 91.2. The van der Waals surface area contributed by atoms with Crippen LogP contribution in [-0.4, -0.2) is 114 Å². The molecule has 2 aliphatic rings. The van der Waals surface area contributed by atoms with Crippen molar-refractivity contribution in [3.05, 3.63) is 46.6 Å². The summed E-state index contributed by atoms with van der Waals surface area (Å²) in [6, 6.07) is 7.08. The van der Waals surface area contributed by atoms with E-state index in [1.54, 1.807) is 0 Å². The van der Waals surface area contributed by atoms with Gasteiger partial charge in [0.2, 0.25) is 6.29 Å². The van der Waals surface area contributed by atoms with Crippen molar-refractivity contribution in [1.82, 2.24) is 0 Å². The van der Waals surface area contributed by atoms with Crippen LogP contribution in [0.3, 0.4) is 0 Å². The molecule has 1 aromatic heterocycles. The normalized spacial score (nSPS) is 33.5. The van der Waals surface area contributed by atoms with E-state index in [9.17, 15) is 50.8 Å². The van der Waals surface area contributed by atoms with E-state index in [-0.39, 0.29) is 33.8 Å². The second-order valence-corrected chi connectivity index (χ2v) is 10.1. The van der Waals surface area contributed by atoms with Crippen LogP contribution in [0.15, 0.2) is 45.6 Å². The molecule has 3 heterocycles. The van der Waals surface area contributed by atoms with Crippen molar-refractivity contribution in [2.24, 2.45) is 0 Å². The number of phenols is 3. The van der Waals surface area contributed by atoms with Crippen LogP contribution >= 0.6 is 0 Å². The van der Waals surface area contributed by atoms with Crippen molar-refractivity contribution >= 4 is 11.0 Å². The molecule has 2 aromatic carbocycles. The summed E-state index contributed by atoms with van der Waals surface area (Å²) in [7, 11) is 0. The molecule has 15 heteroatoms. The molecule has 9 N–H and O–H groups in total. The Morgan fingerprint density at radius 2 is 1.52 bits per heavy atom. The van der Waals surface area contributed by atoms with Gasteiger partial charge in [-0.05, 0) is 25.1 Å². The number of aliphatic hydroxyl groups is 6. The van der Waals surface area contributed by atoms with Crippen LogP contribution in [0.4, 0.5) is 0 Å². The number of hydrogen-bond donors (Lipinski definition) is 9. The molecule has 0 aliphatic carbocycles. The van der Waals surface area contributed by atoms with E-state index in [1.807, 2.05) is 0 Å². The second kappa shape index (κ2) is 11.6. The molecule has 0 bridgehead atoms. The summed E-state index contributed by atoms with van der Waals surface area (Å²) in [6.45, 7) is 0.671. The number of rotatable bonds is 6. The van der Waals surface area contributed by atoms with Crippen LogP contribution in [0.1, 0.15) is 6.92 Å². The summed E-state index contributed by atoms with van der Waals surface area (Å²) in [5.74, 6) is -1.60. The average molecular weight is 595 g/mol. The Labute approximate surface area is 236 Å². The van der Waals surface area contributed by atoms with Gasteiger partial charge in [-0.1, -0.05) is 0 Å². The van der Waals surface area contributed by atoms with Gasteiger partial charge < -0.3 is 69.3 Å². The van der Waals surface area contributed by atoms with Crippen LogP contribution in [-0.2, 0) is 14.2 Å². The lowest BCUT2D eigenvalue weighted by Crippen LogP contribution is -2.64. The van der Waals surface area contributed by atoms with E-state index in [0.717, 1.165) is 18.2 Å². The smallest absolute Gasteiger partial charge is 0.229 e. The zero-order valence-electron chi connectivity index (χ0n) is 21.9. The molecule has 0 unspecified atom stereocenters. The molecule has 0 amide bonds. The zero-order valence-corrected chi connectivity index (χ0v) is 21.9. The lowest BCUT2D eigenvalue weighted by molar-refractivity contribution is -0.354. The minimum atomic E-state index is -1.78. The maximum atomic E-state index is 12.8. The molecule has 15 nitrogen and oxygen atoms in total. The van der Waals surface area contributed by atoms with Gasteiger partial charge in [0.25, 0.3) is 0 Å². The fraction of sp³-hybridized carbons (Fsp3) is 0.444. The van der Waals surface area contributed by atoms with Crippen LogP contribution < -0.4 is 10.2 Å². The zero-order chi connectivity index (χ0) is 30.5. The van der Waals surface area contributed by atoms with Gasteiger partial charge >= 0.3 is 0 Å². The van der Waals surface area contributed by atoms with Gasteiger partial charge in [-0.15, -0.1) is 0 Å². The number of hydrogen-bond acceptors (Lipinski definition) is 15. The SMILES string of the molecule is C[C@@H]1O[C@@H](O[C@@H]2[C@H](Oc3cc(O)c4c(=O)cc(-c5ccc(O)c(O)c5)oc4c3)O[C@H](CO)[C@@H](O)[C@@H]2O)[C@H](O)[C@@H](O)[C@@H]1O. The highest BCUT2D eigenvalue weighted by Gasteiger charge is 2.50. The maximum absolute atomic E-state index is 12.8. The molecule has 0 saturated carbocycles. The van der Waals surface area contributed by atoms with Crippen LogP contribution in [0.2, 0.25) is 0 Å². The molecule has 0 spiro atoms. The van der Waals surface area contributed by atoms with Gasteiger partial charge in [0.15, 0.2) is 29.3 Å². The van der Waals surface area contributed by atoms with Gasteiger partial charge in [0.1, 0.15) is 64.9 Å². The minimum Gasteiger partial charge on any atom is -0.507 e. The first-order chi connectivity index (χ1) is 19.9. The van der Waals surface area contributed by atoms with Crippen molar-refractivity contribution in [1.29, 1.82) is 0 Å². The summed E-state index contributed by atoms with van der Waals surface area (Å²) >= 11 is 0. The Morgan fingerprint density at radius 3 is 2.21 bits per heavy atom. The third-order valence-electron chi connectivity index (χ3n) is 7.22. The van der Waals surface area contributed by atoms with Gasteiger partial charge in [-0.25, -0.2) is 0 Å². The monoisotopic (exact) mass is 594 g/mol. The summed E-state index contributed by atoms with van der Waals surface area (Å²) < 4.78 is 28.3. The van der Waals surface area contributed by atoms with Crippen molar-refractivity contribution in [2.75, 3.05) is 6.61 Å². The Bertz CT molecular complexity index is 1490. The molecular formula is C27H30O15. The first-order valence-electron chi connectivity index (χ1n) is 12.9. The topological polar surface area (TPSA) is 249 Å². The molecular weight excluding hydrogens is 564 g/mol. The van der Waals surface area contributed by atoms with Crippen molar-refractivity contribution in [3.8, 4) is 34.3 Å². The second-order valence-electron chi connectivity index (χ2n) is 10.1. The first-order valence-corrected chi connectivity index (χ1v) is 12.9. The first kappa shape index (κ1) is 30.0. The van der Waals surface area contributed by atoms with Crippen LogP contribution in [0.5, 0.6) is 23.0 Å². The van der Waals surface area contributed by atoms with E-state index >= 15 is 0 Å². The highest BCUT2D eigenvalue weighted by atomic mass is 16.8. The third kappa shape index (κ3) is 5.49. The predicted octanol–water partition coefficient (Wildman–Crippen LogP) is -1.39. The molecule has 3 aromatic rings. The molecule has 2 fully saturated rings. The average Bonchev–Trinajstić information content (AvgIpc) is 2.95. The van der Waals surface area contributed by atoms with E-state index in [0.29, 0.717) is 0 Å². The molecule has 2 aliphatic heterocycles. The highest BCUT2D eigenvalue weighted by Crippen LogP contribution is 2.36. The standard InChI is InChI=1S/C27H30O15/c1-9-20(33)22(35)24(37)26(38-9)42-25-23(36)21(34)18(8-28)41-27(25)39-11-5-14(31)19-15(32)7-16(40-17(19)6-11)10-2-3-12(29)13(30)4-10/h2-7,9,18,20-31,33-37H,8H2,1H3/t9-,18+,20+,21+,22-,23-,24+,25-,26-,27+/m0/s1. The van der Waals surface area contributed by atoms with Crippen molar-refractivity contribution < 1.29 is 69.3 Å². The van der Waals surface area contributed by atoms with Gasteiger partial charge in [0, 0.05) is 23.8 Å². The Hall–Kier alpha value is -3.51. The molecule has 10 atom stereocenters. The van der Waals surface area contributed by atoms with Gasteiger partial charge in [-0.3, -0.25) is 4.79 Å². The van der Waals surface area contributed by atoms with E-state index in [4.69, 9.17) is 23.4 Å². The fourth-order valence-electron chi connectivity index (χ4n) is 4.84. The summed E-state index contributed by atoms with van der Waals surface area (Å²) in [5.41, 5.74) is -0.575. The minimum absolute atomic E-state index is 0.0216. The summed E-state index contributed by atoms with van der Waals surface area (Å²) in [4.78, 5) is 12.8. The molecule has 42 heavy (non-hydrogen) atoms. The number of aliphatic hydroxyl groups excluding tert-OH is 6. The number of phenolic OH excluding ortho intramolecular Hbond substituents is 3. The van der Waals surface area contributed by atoms with Gasteiger partial charge in [0.05, 0.1) is 12.7 Å². The summed E-state index contributed by atoms with van der Waals surface area (Å²) in [6.07, 6.45) is -15.5. The van der Waals surface area contributed by atoms with E-state index in [1.165, 1.54) is 25.1 Å². The van der Waals surface area contributed by atoms with Crippen LogP contribution in [0, 0.1) is 0 Å². The van der Waals surface area contributed by atoms with E-state index < -0.39 is 84.9 Å². The quantitative estimate of drug-likeness (QED) is 0.149. The maximum Gasteiger partial charge on any atom is 0.229 e. The van der Waals surface area contributed by atoms with E-state index in [2.05, 4.69) is 0 Å². The lowest BCUT2D eigenvalue weighted by atomic mass is 9.97. The number of fused-ring (bicyclic) bond motifs is 1. The third-order valence-corrected chi connectivity index (χ3v) is 7.22. The Morgan fingerprint density at radius 1 is 0.786 bits per heavy atom. The number of ether oxygens (including phenoxy) is 4. The Kier molecular flexibility index (Phi) is 8.30. The highest BCUT2D eigenvalue weighted by molar-refractivity contribution is 5.86. The van der Waals surface area contributed by atoms with Crippen LogP contribution in [0.25, 0.3) is 22.3 Å². The fourth-order valence-corrected chi connectivity index (χ4v) is 4.84. The van der Waals surface area contributed by atoms with Gasteiger partial charge in [-0.2, -0.15) is 0 Å². The molecule has 228 valence electrons. The largest absolute Gasteiger partial charge is 0.507 e. The molecule has 5 rings (SSSR count).